The molecular weight excluding hydrogens is 1540 g/mol. The average molecular weight is 1630 g/mol. The van der Waals surface area contributed by atoms with Crippen LogP contribution in [-0.2, 0) is 67.1 Å². The third-order valence-corrected chi connectivity index (χ3v) is 26.1. The van der Waals surface area contributed by atoms with Crippen LogP contribution in [0.1, 0.15) is 68.9 Å². The number of ether oxygens (including phenoxy) is 3. The quantitative estimate of drug-likeness (QED) is 0.0113. The van der Waals surface area contributed by atoms with Gasteiger partial charge in [0.25, 0.3) is 5.56 Å². The lowest BCUT2D eigenvalue weighted by molar-refractivity contribution is -0.402. The molecule has 0 amide bonds. The van der Waals surface area contributed by atoms with Gasteiger partial charge in [0.05, 0.1) is 42.7 Å². The van der Waals surface area contributed by atoms with Crippen LogP contribution in [0, 0.1) is 30.3 Å². The number of pyridine rings is 2. The molecule has 2 saturated carbocycles. The number of aryl methyl sites for hydroxylation is 1. The molecule has 2 aliphatic carbocycles. The van der Waals surface area contributed by atoms with E-state index in [-0.39, 0.29) is 123 Å². The van der Waals surface area contributed by atoms with Gasteiger partial charge in [-0.1, -0.05) is 13.8 Å². The Bertz CT molecular complexity index is 4160. The molecule has 5 aromatic heterocycles. The summed E-state index contributed by atoms with van der Waals surface area (Å²) in [6.45, 7) is 6.37. The molecule has 562 valence electrons. The molecule has 31 nitrogen and oxygen atoms in total. The number of hydrogen-bond donors (Lipinski definition) is 0. The number of imidazole rings is 1. The molecule has 2 fully saturated rings. The Kier molecular flexibility index (Phi) is 31.2. The average Bonchev–Trinajstić information content (AvgIpc) is 0.928. The highest BCUT2D eigenvalue weighted by atomic mass is 35.5. The minimum atomic E-state index is -3.89. The minimum Gasteiger partial charge on any atom is -0.496 e. The van der Waals surface area contributed by atoms with Crippen LogP contribution in [0.5, 0.6) is 17.2 Å². The molecule has 0 spiro atoms. The maximum Gasteiger partial charge on any atom is 0.433 e. The molecule has 41 heteroatoms. The lowest BCUT2D eigenvalue weighted by Gasteiger charge is -2.38. The predicted molar refractivity (Wildman–Crippen MR) is 393 cm³/mol. The number of aromatic nitrogens is 4. The van der Waals surface area contributed by atoms with Crippen molar-refractivity contribution in [2.45, 2.75) is 90.8 Å². The van der Waals surface area contributed by atoms with Crippen LogP contribution < -0.4 is 19.8 Å². The Hall–Kier alpha value is -4.95. The van der Waals surface area contributed by atoms with Crippen molar-refractivity contribution < 1.29 is 65.1 Å². The molecule has 7 aromatic rings. The van der Waals surface area contributed by atoms with Gasteiger partial charge in [-0.25, -0.2) is 37.6 Å². The number of alkyl halides is 7. The fraction of sp³-hybridized carbons (Fsp3) is 0.557. The summed E-state index contributed by atoms with van der Waals surface area (Å²) in [5.74, 6) is 3.10. The van der Waals surface area contributed by atoms with Gasteiger partial charge in [-0.2, -0.15) is 0 Å². The Labute approximate surface area is 623 Å². The van der Waals surface area contributed by atoms with E-state index in [0.717, 1.165) is 54.6 Å². The monoisotopic (exact) mass is 1620 g/mol. The van der Waals surface area contributed by atoms with Gasteiger partial charge >= 0.3 is 40.6 Å². The first-order valence-electron chi connectivity index (χ1n) is 32.5. The highest BCUT2D eigenvalue weighted by Gasteiger charge is 2.50. The van der Waals surface area contributed by atoms with Crippen molar-refractivity contribution in [2.75, 3.05) is 121 Å². The summed E-state index contributed by atoms with van der Waals surface area (Å²) in [7, 11) is -6.09. The number of rotatable bonds is 41. The largest absolute Gasteiger partial charge is 0.496 e. The second kappa shape index (κ2) is 38.5. The lowest BCUT2D eigenvalue weighted by Crippen LogP contribution is -2.37. The van der Waals surface area contributed by atoms with Crippen LogP contribution >= 0.6 is 104 Å². The summed E-state index contributed by atoms with van der Waals surface area (Å²) >= 11 is 41.8. The van der Waals surface area contributed by atoms with Gasteiger partial charge in [0.1, 0.15) is 53.1 Å². The van der Waals surface area contributed by atoms with E-state index >= 15 is 0 Å². The third-order valence-electron chi connectivity index (χ3n) is 16.7. The molecule has 2 aromatic carbocycles. The van der Waals surface area contributed by atoms with Crippen molar-refractivity contribution in [3.8, 4) is 17.2 Å². The van der Waals surface area contributed by atoms with Crippen molar-refractivity contribution in [2.24, 2.45) is 7.05 Å². The summed E-state index contributed by atoms with van der Waals surface area (Å²) in [6, 6.07) is 13.0. The zero-order valence-electron chi connectivity index (χ0n) is 56.7. The number of halogens is 7. The third kappa shape index (κ3) is 19.8. The first kappa shape index (κ1) is 82.7. The molecule has 0 bridgehead atoms. The van der Waals surface area contributed by atoms with Gasteiger partial charge in [0.2, 0.25) is 12.6 Å². The Morgan fingerprint density at radius 1 is 0.588 bits per heavy atom. The normalized spacial score (nSPS) is 15.0. The second-order valence-electron chi connectivity index (χ2n) is 23.3. The van der Waals surface area contributed by atoms with Gasteiger partial charge in [0, 0.05) is 142 Å². The zero-order chi connectivity index (χ0) is 74.1. The number of methoxy groups -OCH3 is 1. The lowest BCUT2D eigenvalue weighted by atomic mass is 10.0. The van der Waals surface area contributed by atoms with Crippen LogP contribution in [0.3, 0.4) is 0 Å². The predicted octanol–water partition coefficient (Wildman–Crippen LogP) is 14.4. The molecule has 3 aliphatic rings. The Morgan fingerprint density at radius 3 is 1.55 bits per heavy atom. The highest BCUT2D eigenvalue weighted by Crippen LogP contribution is 2.62. The van der Waals surface area contributed by atoms with Crippen LogP contribution in [-0.4, -0.2) is 195 Å². The van der Waals surface area contributed by atoms with Crippen LogP contribution in [0.4, 0.5) is 17.6 Å². The van der Waals surface area contributed by atoms with Gasteiger partial charge < -0.3 is 37.7 Å². The van der Waals surface area contributed by atoms with Crippen molar-refractivity contribution in [1.29, 1.82) is 0 Å². The van der Waals surface area contributed by atoms with Crippen molar-refractivity contribution >= 4 is 154 Å². The minimum absolute atomic E-state index is 0.0749. The van der Waals surface area contributed by atoms with Gasteiger partial charge in [0.15, 0.2) is 11.5 Å². The molecular formula is C61H81Cl7N13O18P3. The first-order valence-corrected chi connectivity index (χ1v) is 40.9. The van der Waals surface area contributed by atoms with E-state index in [4.69, 9.17) is 123 Å². The van der Waals surface area contributed by atoms with Gasteiger partial charge in [-0.3, -0.25) is 57.3 Å². The van der Waals surface area contributed by atoms with E-state index in [1.165, 1.54) is 40.6 Å². The first-order chi connectivity index (χ1) is 49.0. The van der Waals surface area contributed by atoms with Gasteiger partial charge in [-0.15, -0.1) is 81.2 Å². The maximum atomic E-state index is 14.8. The molecule has 0 N–H and O–H groups in total. The number of likely N-dealkylation sites (N-methyl/N-ethyl adjacent to an activating group) is 1. The fourth-order valence-electron chi connectivity index (χ4n) is 11.5. The van der Waals surface area contributed by atoms with E-state index in [1.54, 1.807) is 51.1 Å². The van der Waals surface area contributed by atoms with E-state index in [9.17, 15) is 48.8 Å². The van der Waals surface area contributed by atoms with Crippen molar-refractivity contribution in [3.63, 3.8) is 0 Å². The number of nitro groups is 3. The SMILES string of the molecule is CCCN(CCCl)P(=O)(OCc1ncc([N+](=O)[O-])n1C)N(CCCl)CCCl.CCc1cc2c(cc1OC)c(=O)n(CCN(C)P(=O)(OCc1ccc([N+](=O)[O-])o1)N(CCCl)CCCl)c1c3cc4c(cc3ncc21)OCO4.O=[N+]([O-])c1ccc(COP(=O)(N(CCCl)C2CC2)N(CCCl)C2CC2)o1. The number of fused-ring (bicyclic) bond motifs is 6. The molecule has 10 rings (SSSR count). The standard InChI is InChI=1S/C32H34Cl2N5O9P.C15H22Cl2N3O5P.C14H25Cl3N5O4P/c1-4-20-13-22-23(14-27(20)44-3)32(40)38(31-24-15-28-29(46-19-45-28)16-26(24)35-17-25(22)31)12-11-36(2)49(43,37(9-7-33)10-8-34)47-18-21-5-6-30(48-21)39(41)42;16-7-9-18(12-1-2-12)26(23,19(10-8-17)13-3-4-13)24-11-14-5-6-15(25-14)20(21)22;1-3-7-20(8-4-15)27(25,21(9-5-16)10-6-17)26-12-13-18-11-14(19(13)2)22(23)24/h5-6,13-17H,4,7-12,18-19H2,1-3H3;5-6,12-13H,1-4,7-11H2;11H,3-10,12H2,1-2H3. The zero-order valence-corrected chi connectivity index (χ0v) is 64.6. The summed E-state index contributed by atoms with van der Waals surface area (Å²) in [5, 5.41) is 35.5. The fourth-order valence-corrected chi connectivity index (χ4v) is 21.2. The van der Waals surface area contributed by atoms with Crippen LogP contribution in [0.15, 0.2) is 74.6 Å². The molecule has 1 aliphatic heterocycles. The number of benzene rings is 2. The van der Waals surface area contributed by atoms with Crippen molar-refractivity contribution in [1.82, 2.24) is 47.1 Å². The Morgan fingerprint density at radius 2 is 1.09 bits per heavy atom. The van der Waals surface area contributed by atoms with E-state index in [0.29, 0.717) is 102 Å². The Balaban J connectivity index is 0.000000212. The van der Waals surface area contributed by atoms with E-state index in [1.807, 2.05) is 35.3 Å². The molecule has 2 atom stereocenters. The topological polar surface area (TPSA) is 334 Å². The molecule has 0 saturated heterocycles. The number of hydrogen-bond acceptors (Lipinski definition) is 20. The van der Waals surface area contributed by atoms with Gasteiger partial charge in [-0.05, 0) is 91.8 Å². The second-order valence-corrected chi connectivity index (χ2v) is 33.0. The molecule has 2 unspecified atom stereocenters. The summed E-state index contributed by atoms with van der Waals surface area (Å²) in [4.78, 5) is 54.3. The highest BCUT2D eigenvalue weighted by molar-refractivity contribution is 7.54. The summed E-state index contributed by atoms with van der Waals surface area (Å²) in [5.41, 5.74) is 1.90. The van der Waals surface area contributed by atoms with Crippen molar-refractivity contribution in [3.05, 3.63) is 125 Å². The summed E-state index contributed by atoms with van der Waals surface area (Å²) < 4.78 is 101. The van der Waals surface area contributed by atoms with E-state index in [2.05, 4.69) is 4.98 Å². The maximum absolute atomic E-state index is 14.8. The number of furan rings is 2. The smallest absolute Gasteiger partial charge is 0.433 e. The molecule has 6 heterocycles. The molecule has 0 radical (unpaired) electrons. The van der Waals surface area contributed by atoms with E-state index < -0.39 is 43.7 Å². The number of nitrogens with zero attached hydrogens (tertiary/aromatic N) is 13. The van der Waals surface area contributed by atoms with Crippen LogP contribution in [0.25, 0.3) is 32.6 Å². The molecule has 102 heavy (non-hydrogen) atoms. The van der Waals surface area contributed by atoms with Crippen LogP contribution in [0.2, 0.25) is 0 Å². The summed E-state index contributed by atoms with van der Waals surface area (Å²) in [6.07, 6.45) is 8.13.